The molecule has 2 aliphatic heterocycles. The molecular weight excluding hydrogens is 512 g/mol. The molecule has 2 amide bonds. The maximum atomic E-state index is 12.9. The van der Waals surface area contributed by atoms with Gasteiger partial charge >= 0.3 is 0 Å². The van der Waals surface area contributed by atoms with Gasteiger partial charge in [-0.1, -0.05) is 36.4 Å². The summed E-state index contributed by atoms with van der Waals surface area (Å²) in [7, 11) is 1.69. The number of amidine groups is 1. The minimum absolute atomic E-state index is 0.0499. The van der Waals surface area contributed by atoms with Gasteiger partial charge in [0.2, 0.25) is 0 Å². The highest BCUT2D eigenvalue weighted by atomic mass is 32.2. The van der Waals surface area contributed by atoms with Crippen LogP contribution in [-0.2, 0) is 16.1 Å². The first kappa shape index (κ1) is 26.2. The van der Waals surface area contributed by atoms with Gasteiger partial charge in [0.25, 0.3) is 11.8 Å². The third kappa shape index (κ3) is 6.20. The Bertz CT molecular complexity index is 1490. The molecule has 2 fully saturated rings. The number of carbonyl (C=O) groups is 2. The fraction of sp³-hybridized carbons (Fsp3) is 0.200. The average Bonchev–Trinajstić information content (AvgIpc) is 3.24. The number of hydrogen-bond donors (Lipinski definition) is 0. The first-order valence-electron chi connectivity index (χ1n) is 12.5. The van der Waals surface area contributed by atoms with E-state index >= 15 is 0 Å². The molecule has 0 spiro atoms. The smallest absolute Gasteiger partial charge is 0.266 e. The number of nitrogens with zero attached hydrogens (tertiary/aromatic N) is 4. The number of rotatable bonds is 6. The van der Waals surface area contributed by atoms with Gasteiger partial charge in [-0.15, -0.1) is 0 Å². The van der Waals surface area contributed by atoms with Crippen LogP contribution in [-0.4, -0.2) is 60.1 Å². The number of likely N-dealkylation sites (N-methyl/N-ethyl adjacent to an activating group) is 1. The van der Waals surface area contributed by atoms with Crippen LogP contribution in [0.25, 0.3) is 6.08 Å². The Labute approximate surface area is 231 Å². The number of ether oxygens (including phenoxy) is 2. The molecule has 2 saturated heterocycles. The monoisotopic (exact) mass is 538 g/mol. The summed E-state index contributed by atoms with van der Waals surface area (Å²) in [6.45, 7) is 2.52. The number of aliphatic imine (C=N–C) groups is 1. The van der Waals surface area contributed by atoms with Gasteiger partial charge in [0.1, 0.15) is 12.4 Å². The highest BCUT2D eigenvalue weighted by molar-refractivity contribution is 8.18. The number of benzene rings is 3. The van der Waals surface area contributed by atoms with E-state index in [2.05, 4.69) is 11.1 Å². The summed E-state index contributed by atoms with van der Waals surface area (Å²) in [6.07, 6.45) is 1.82. The average molecular weight is 539 g/mol. The predicted molar refractivity (Wildman–Crippen MR) is 151 cm³/mol. The lowest BCUT2D eigenvalue weighted by Crippen LogP contribution is -2.40. The van der Waals surface area contributed by atoms with E-state index in [0.717, 1.165) is 11.1 Å². The molecule has 0 aliphatic carbocycles. The molecule has 3 aromatic carbocycles. The van der Waals surface area contributed by atoms with Gasteiger partial charge in [-0.3, -0.25) is 14.5 Å². The second-order valence-electron chi connectivity index (χ2n) is 8.95. The molecule has 0 bridgehead atoms. The van der Waals surface area contributed by atoms with Crippen molar-refractivity contribution in [1.29, 1.82) is 5.26 Å². The number of amides is 2. The topological polar surface area (TPSA) is 95.2 Å². The first-order valence-corrected chi connectivity index (χ1v) is 13.3. The number of thioether (sulfide) groups is 1. The Morgan fingerprint density at radius 3 is 2.64 bits per heavy atom. The lowest BCUT2D eigenvalue weighted by Gasteiger charge is -2.26. The van der Waals surface area contributed by atoms with Crippen molar-refractivity contribution in [3.63, 3.8) is 0 Å². The van der Waals surface area contributed by atoms with E-state index in [1.807, 2.05) is 54.6 Å². The Morgan fingerprint density at radius 1 is 1.10 bits per heavy atom. The molecule has 0 unspecified atom stereocenters. The molecule has 3 aromatic rings. The molecule has 0 atom stereocenters. The quantitative estimate of drug-likeness (QED) is 0.417. The third-order valence-electron chi connectivity index (χ3n) is 6.33. The highest BCUT2D eigenvalue weighted by Gasteiger charge is 2.30. The molecule has 0 aromatic heterocycles. The molecule has 0 radical (unpaired) electrons. The van der Waals surface area contributed by atoms with Gasteiger partial charge in [0.15, 0.2) is 5.17 Å². The van der Waals surface area contributed by atoms with Gasteiger partial charge in [-0.25, -0.2) is 4.99 Å². The van der Waals surface area contributed by atoms with E-state index < -0.39 is 0 Å². The van der Waals surface area contributed by atoms with Gasteiger partial charge in [0.05, 0.1) is 35.4 Å². The van der Waals surface area contributed by atoms with Crippen molar-refractivity contribution in [3.05, 3.63) is 100.0 Å². The molecule has 0 saturated carbocycles. The van der Waals surface area contributed by atoms with Gasteiger partial charge in [-0.2, -0.15) is 5.26 Å². The van der Waals surface area contributed by atoms with Crippen LogP contribution in [0.5, 0.6) is 5.75 Å². The van der Waals surface area contributed by atoms with Crippen molar-refractivity contribution in [2.45, 2.75) is 6.61 Å². The summed E-state index contributed by atoms with van der Waals surface area (Å²) >= 11 is 1.29. The second-order valence-corrected chi connectivity index (χ2v) is 9.96. The molecule has 8 nitrogen and oxygen atoms in total. The van der Waals surface area contributed by atoms with E-state index in [1.54, 1.807) is 36.2 Å². The van der Waals surface area contributed by atoms with E-state index in [1.165, 1.54) is 16.7 Å². The summed E-state index contributed by atoms with van der Waals surface area (Å²) < 4.78 is 11.2. The molecule has 2 aliphatic rings. The number of nitriles is 1. The summed E-state index contributed by atoms with van der Waals surface area (Å²) in [4.78, 5) is 34.3. The van der Waals surface area contributed by atoms with Crippen LogP contribution in [0.15, 0.2) is 82.7 Å². The van der Waals surface area contributed by atoms with E-state index in [4.69, 9.17) is 9.47 Å². The minimum Gasteiger partial charge on any atom is -0.489 e. The number of hydrogen-bond acceptors (Lipinski definition) is 7. The Balaban J connectivity index is 1.26. The molecule has 5 rings (SSSR count). The normalized spacial score (nSPS) is 17.5. The Morgan fingerprint density at radius 2 is 1.87 bits per heavy atom. The van der Waals surface area contributed by atoms with Gasteiger partial charge in [-0.05, 0) is 59.8 Å². The SMILES string of the molecule is CN1C(=O)/C(=C\c2ccc(OCc3ccccc3C#N)cc2)SC1=Nc1cccc(C(=O)N2CCOCC2)c1. The van der Waals surface area contributed by atoms with Crippen LogP contribution in [0.4, 0.5) is 5.69 Å². The zero-order valence-electron chi connectivity index (χ0n) is 21.4. The van der Waals surface area contributed by atoms with Crippen molar-refractivity contribution in [3.8, 4) is 11.8 Å². The van der Waals surface area contributed by atoms with Crippen molar-refractivity contribution >= 4 is 40.5 Å². The van der Waals surface area contributed by atoms with Gasteiger partial charge < -0.3 is 14.4 Å². The van der Waals surface area contributed by atoms with Crippen LogP contribution in [0, 0.1) is 11.3 Å². The Hall–Kier alpha value is -4.39. The van der Waals surface area contributed by atoms with Crippen LogP contribution >= 0.6 is 11.8 Å². The van der Waals surface area contributed by atoms with E-state index in [-0.39, 0.29) is 11.8 Å². The summed E-state index contributed by atoms with van der Waals surface area (Å²) in [5.41, 5.74) is 3.43. The van der Waals surface area contributed by atoms with Crippen molar-refractivity contribution in [2.24, 2.45) is 4.99 Å². The van der Waals surface area contributed by atoms with Crippen LogP contribution in [0.2, 0.25) is 0 Å². The van der Waals surface area contributed by atoms with Crippen LogP contribution in [0.3, 0.4) is 0 Å². The molecule has 2 heterocycles. The maximum absolute atomic E-state index is 12.9. The lowest BCUT2D eigenvalue weighted by atomic mass is 10.1. The third-order valence-corrected chi connectivity index (χ3v) is 7.39. The van der Waals surface area contributed by atoms with Crippen molar-refractivity contribution in [1.82, 2.24) is 9.80 Å². The molecular formula is C30H26N4O4S. The summed E-state index contributed by atoms with van der Waals surface area (Å²) in [5.74, 6) is 0.472. The number of morpholine rings is 1. The summed E-state index contributed by atoms with van der Waals surface area (Å²) in [5, 5.41) is 9.78. The van der Waals surface area contributed by atoms with E-state index in [9.17, 15) is 14.9 Å². The molecule has 196 valence electrons. The van der Waals surface area contributed by atoms with Crippen LogP contribution < -0.4 is 4.74 Å². The van der Waals surface area contributed by atoms with Crippen molar-refractivity contribution in [2.75, 3.05) is 33.4 Å². The van der Waals surface area contributed by atoms with Crippen molar-refractivity contribution < 1.29 is 19.1 Å². The predicted octanol–water partition coefficient (Wildman–Crippen LogP) is 4.84. The minimum atomic E-state index is -0.146. The summed E-state index contributed by atoms with van der Waals surface area (Å²) in [6, 6.07) is 24.1. The fourth-order valence-corrected chi connectivity index (χ4v) is 5.13. The fourth-order valence-electron chi connectivity index (χ4n) is 4.15. The van der Waals surface area contributed by atoms with Gasteiger partial charge in [0, 0.05) is 31.3 Å². The second kappa shape index (κ2) is 12.0. The number of carbonyl (C=O) groups excluding carboxylic acids is 2. The standard InChI is InChI=1S/C30H26N4O4S/c1-33-29(36)27(17-21-9-11-26(12-10-21)38-20-24-6-3-2-5-23(24)19-31)39-30(33)32-25-8-4-7-22(18-25)28(35)34-13-15-37-16-14-34/h2-12,17-18H,13-16,20H2,1H3/b27-17+,32-30?. The highest BCUT2D eigenvalue weighted by Crippen LogP contribution is 2.33. The molecule has 9 heteroatoms. The zero-order chi connectivity index (χ0) is 27.2. The van der Waals surface area contributed by atoms with Crippen LogP contribution in [0.1, 0.15) is 27.0 Å². The lowest BCUT2D eigenvalue weighted by molar-refractivity contribution is -0.121. The van der Waals surface area contributed by atoms with E-state index in [0.29, 0.717) is 65.5 Å². The first-order chi connectivity index (χ1) is 19.0. The maximum Gasteiger partial charge on any atom is 0.266 e. The largest absolute Gasteiger partial charge is 0.489 e. The molecule has 0 N–H and O–H groups in total. The Kier molecular flexibility index (Phi) is 8.06. The molecule has 39 heavy (non-hydrogen) atoms. The zero-order valence-corrected chi connectivity index (χ0v) is 22.2.